The molecule has 2 aliphatic rings. The maximum Gasteiger partial charge on any atom is 0.339 e. The first kappa shape index (κ1) is 34.5. The molecule has 0 radical (unpaired) electrons. The number of aromatic hydroxyl groups is 1. The van der Waals surface area contributed by atoms with E-state index in [2.05, 4.69) is 13.8 Å². The molecule has 2 unspecified atom stereocenters. The molecule has 4 N–H and O–H groups in total. The lowest BCUT2D eigenvalue weighted by molar-refractivity contribution is -0.188. The molecule has 0 amide bonds. The largest absolute Gasteiger partial charge is 0.507 e. The van der Waals surface area contributed by atoms with Crippen molar-refractivity contribution in [3.63, 3.8) is 0 Å². The second-order valence-electron chi connectivity index (χ2n) is 13.2. The molecular formula is C34H54O8. The molecule has 2 aliphatic heterocycles. The summed E-state index contributed by atoms with van der Waals surface area (Å²) in [5, 5.41) is 41.6. The minimum absolute atomic E-state index is 0.0148. The molecule has 10 atom stereocenters. The minimum atomic E-state index is -1.18. The zero-order valence-electron chi connectivity index (χ0n) is 26.9. The molecule has 1 aromatic rings. The van der Waals surface area contributed by atoms with E-state index in [0.29, 0.717) is 30.4 Å². The number of aliphatic hydroxyl groups excluding tert-OH is 2. The van der Waals surface area contributed by atoms with Gasteiger partial charge in [0.2, 0.25) is 0 Å². The van der Waals surface area contributed by atoms with Crippen LogP contribution in [0.2, 0.25) is 0 Å². The average Bonchev–Trinajstić information content (AvgIpc) is 3.56. The zero-order chi connectivity index (χ0) is 31.6. The van der Waals surface area contributed by atoms with Crippen LogP contribution < -0.4 is 0 Å². The van der Waals surface area contributed by atoms with Crippen molar-refractivity contribution in [1.82, 2.24) is 0 Å². The summed E-state index contributed by atoms with van der Waals surface area (Å²) >= 11 is 0. The second kappa shape index (κ2) is 13.7. The van der Waals surface area contributed by atoms with E-state index in [1.807, 2.05) is 20.8 Å². The highest BCUT2D eigenvalue weighted by Gasteiger charge is 2.57. The van der Waals surface area contributed by atoms with E-state index >= 15 is 0 Å². The fraction of sp³-hybridized carbons (Fsp3) is 0.765. The Bertz CT molecular complexity index is 1100. The Kier molecular flexibility index (Phi) is 11.3. The molecule has 238 valence electrons. The summed E-state index contributed by atoms with van der Waals surface area (Å²) in [6.07, 6.45) is 3.39. The van der Waals surface area contributed by atoms with Gasteiger partial charge < -0.3 is 29.9 Å². The lowest BCUT2D eigenvalue weighted by atomic mass is 9.77. The summed E-state index contributed by atoms with van der Waals surface area (Å²) in [5.41, 5.74) is -0.170. The van der Waals surface area contributed by atoms with Crippen LogP contribution in [0.3, 0.4) is 0 Å². The van der Waals surface area contributed by atoms with Gasteiger partial charge >= 0.3 is 5.97 Å². The summed E-state index contributed by atoms with van der Waals surface area (Å²) in [6.45, 7) is 15.4. The molecule has 0 bridgehead atoms. The maximum absolute atomic E-state index is 13.9. The standard InChI is InChI=1S/C34H54O8/c1-9-25(31-21(6)18-34(11-3,42-31)26-16-17-33(10-2,41-26)23(8)35)30(38)22(7)28(36)19(4)12-14-24-15-13-20(5)29(37)27(24)32(39)40/h13,15,19,21-23,25-26,28,31,35-37H,9-12,14,16-18H2,1-8H3,(H,39,40)/t19-,21?,22+,23-,25+,26-,28+,31?,33+,34+/m1/s1. The summed E-state index contributed by atoms with van der Waals surface area (Å²) in [5.74, 6) is -2.55. The normalized spacial score (nSPS) is 31.4. The fourth-order valence-corrected chi connectivity index (χ4v) is 7.58. The van der Waals surface area contributed by atoms with Gasteiger partial charge in [0.25, 0.3) is 0 Å². The predicted molar refractivity (Wildman–Crippen MR) is 162 cm³/mol. The third-order valence-corrected chi connectivity index (χ3v) is 10.6. The molecular weight excluding hydrogens is 536 g/mol. The highest BCUT2D eigenvalue weighted by atomic mass is 16.6. The molecule has 1 aromatic carbocycles. The van der Waals surface area contributed by atoms with E-state index < -0.39 is 35.3 Å². The van der Waals surface area contributed by atoms with Crippen LogP contribution in [0.25, 0.3) is 0 Å². The van der Waals surface area contributed by atoms with Gasteiger partial charge in [-0.25, -0.2) is 4.79 Å². The van der Waals surface area contributed by atoms with Crippen LogP contribution in [0.1, 0.15) is 115 Å². The average molecular weight is 591 g/mol. The summed E-state index contributed by atoms with van der Waals surface area (Å²) in [4.78, 5) is 25.7. The number of hydrogen-bond acceptors (Lipinski definition) is 7. The maximum atomic E-state index is 13.9. The van der Waals surface area contributed by atoms with Crippen molar-refractivity contribution in [2.75, 3.05) is 0 Å². The van der Waals surface area contributed by atoms with E-state index in [4.69, 9.17) is 9.47 Å². The molecule has 0 saturated carbocycles. The van der Waals surface area contributed by atoms with Crippen molar-refractivity contribution < 1.29 is 39.5 Å². The topological polar surface area (TPSA) is 134 Å². The number of benzene rings is 1. The van der Waals surface area contributed by atoms with Crippen molar-refractivity contribution in [1.29, 1.82) is 0 Å². The van der Waals surface area contributed by atoms with Crippen LogP contribution in [0, 0.1) is 30.6 Å². The molecule has 0 aliphatic carbocycles. The van der Waals surface area contributed by atoms with Gasteiger partial charge in [-0.1, -0.05) is 53.7 Å². The number of aliphatic hydroxyl groups is 2. The number of aryl methyl sites for hydroxylation is 2. The molecule has 2 fully saturated rings. The second-order valence-corrected chi connectivity index (χ2v) is 13.2. The summed E-state index contributed by atoms with van der Waals surface area (Å²) in [7, 11) is 0. The van der Waals surface area contributed by atoms with Crippen LogP contribution in [-0.2, 0) is 20.7 Å². The number of rotatable bonds is 14. The number of hydrogen-bond donors (Lipinski definition) is 4. The predicted octanol–water partition coefficient (Wildman–Crippen LogP) is 5.84. The Morgan fingerprint density at radius 1 is 1.07 bits per heavy atom. The van der Waals surface area contributed by atoms with E-state index in [9.17, 15) is 30.0 Å². The Morgan fingerprint density at radius 2 is 1.74 bits per heavy atom. The first-order chi connectivity index (χ1) is 19.7. The first-order valence-corrected chi connectivity index (χ1v) is 16.0. The smallest absolute Gasteiger partial charge is 0.339 e. The van der Waals surface area contributed by atoms with E-state index in [1.54, 1.807) is 32.9 Å². The zero-order valence-corrected chi connectivity index (χ0v) is 26.9. The van der Waals surface area contributed by atoms with Gasteiger partial charge in [0, 0.05) is 11.8 Å². The lowest BCUT2D eigenvalue weighted by Gasteiger charge is -2.38. The number of aromatic carboxylic acids is 1. The van der Waals surface area contributed by atoms with Crippen molar-refractivity contribution in [2.45, 2.75) is 142 Å². The van der Waals surface area contributed by atoms with Gasteiger partial charge in [-0.05, 0) is 88.2 Å². The molecule has 0 spiro atoms. The third-order valence-electron chi connectivity index (χ3n) is 10.6. The molecule has 2 saturated heterocycles. The van der Waals surface area contributed by atoms with Crippen molar-refractivity contribution >= 4 is 11.8 Å². The number of Topliss-reactive ketones (excluding diaryl/α,β-unsaturated/α-hetero) is 1. The summed E-state index contributed by atoms with van der Waals surface area (Å²) in [6, 6.07) is 3.40. The number of carboxylic acid groups (broad SMARTS) is 1. The van der Waals surface area contributed by atoms with Gasteiger partial charge in [0.1, 0.15) is 17.1 Å². The van der Waals surface area contributed by atoms with Crippen LogP contribution in [0.4, 0.5) is 0 Å². The Morgan fingerprint density at radius 3 is 2.26 bits per heavy atom. The SMILES string of the molecule is CC[C@@H](C(=O)[C@@H](C)[C@@H](O)[C@H](C)CCc1ccc(C)c(O)c1C(=O)O)C1O[C@](CC)([C@H]2CC[C@@](CC)([C@@H](C)O)O2)CC1C. The van der Waals surface area contributed by atoms with Crippen molar-refractivity contribution in [3.8, 4) is 5.75 Å². The van der Waals surface area contributed by atoms with Crippen LogP contribution in [0.5, 0.6) is 5.75 Å². The molecule has 8 heteroatoms. The van der Waals surface area contributed by atoms with E-state index in [-0.39, 0.29) is 47.1 Å². The monoisotopic (exact) mass is 590 g/mol. The Hall–Kier alpha value is -2.00. The quantitative estimate of drug-likeness (QED) is 0.212. The number of carbonyl (C=O) groups is 2. The van der Waals surface area contributed by atoms with E-state index in [1.165, 1.54) is 0 Å². The van der Waals surface area contributed by atoms with E-state index in [0.717, 1.165) is 32.1 Å². The Balaban J connectivity index is 1.70. The highest BCUT2D eigenvalue weighted by molar-refractivity contribution is 5.93. The summed E-state index contributed by atoms with van der Waals surface area (Å²) < 4.78 is 13.4. The molecule has 2 heterocycles. The lowest BCUT2D eigenvalue weighted by Crippen LogP contribution is -2.47. The minimum Gasteiger partial charge on any atom is -0.507 e. The number of phenols is 1. The van der Waals surface area contributed by atoms with Gasteiger partial charge in [0.15, 0.2) is 0 Å². The molecule has 42 heavy (non-hydrogen) atoms. The van der Waals surface area contributed by atoms with Crippen LogP contribution in [-0.4, -0.2) is 67.8 Å². The first-order valence-electron chi connectivity index (χ1n) is 16.0. The Labute approximate surface area is 251 Å². The van der Waals surface area contributed by atoms with Gasteiger partial charge in [-0.2, -0.15) is 0 Å². The van der Waals surface area contributed by atoms with Crippen LogP contribution >= 0.6 is 0 Å². The van der Waals surface area contributed by atoms with Crippen molar-refractivity contribution in [2.24, 2.45) is 23.7 Å². The van der Waals surface area contributed by atoms with Gasteiger partial charge in [-0.3, -0.25) is 4.79 Å². The van der Waals surface area contributed by atoms with Crippen LogP contribution in [0.15, 0.2) is 12.1 Å². The van der Waals surface area contributed by atoms with Gasteiger partial charge in [-0.15, -0.1) is 0 Å². The van der Waals surface area contributed by atoms with Crippen molar-refractivity contribution in [3.05, 3.63) is 28.8 Å². The number of carbonyl (C=O) groups excluding carboxylic acids is 1. The highest BCUT2D eigenvalue weighted by Crippen LogP contribution is 2.50. The number of ether oxygens (including phenoxy) is 2. The molecule has 0 aromatic heterocycles. The molecule has 3 rings (SSSR count). The third kappa shape index (κ3) is 6.57. The molecule has 8 nitrogen and oxygen atoms in total. The fourth-order valence-electron chi connectivity index (χ4n) is 7.58. The number of ketones is 1. The number of carboxylic acids is 1. The van der Waals surface area contributed by atoms with Gasteiger partial charge in [0.05, 0.1) is 35.6 Å².